The summed E-state index contributed by atoms with van der Waals surface area (Å²) < 4.78 is 12.2. The van der Waals surface area contributed by atoms with Crippen molar-refractivity contribution in [2.75, 3.05) is 0 Å². The molecule has 1 aromatic rings. The largest absolute Gasteiger partial charge is 0.315 e. The average molecular weight is 321 g/mol. The van der Waals surface area contributed by atoms with Crippen molar-refractivity contribution in [3.8, 4) is 0 Å². The van der Waals surface area contributed by atoms with E-state index in [0.29, 0.717) is 6.42 Å². The van der Waals surface area contributed by atoms with Crippen LogP contribution in [0.15, 0.2) is 24.3 Å². The van der Waals surface area contributed by atoms with Gasteiger partial charge in [-0.1, -0.05) is 12.1 Å². The van der Waals surface area contributed by atoms with E-state index in [4.69, 9.17) is 19.2 Å². The zero-order valence-electron chi connectivity index (χ0n) is 13.3. The van der Waals surface area contributed by atoms with Gasteiger partial charge < -0.3 is 9.47 Å². The van der Waals surface area contributed by atoms with Crippen LogP contribution in [0.2, 0.25) is 0 Å². The fraction of sp³-hybridized carbons (Fsp3) is 0.625. The van der Waals surface area contributed by atoms with Crippen LogP contribution >= 0.6 is 0 Å². The molecule has 4 saturated heterocycles. The van der Waals surface area contributed by atoms with E-state index in [0.717, 1.165) is 18.4 Å². The lowest BCUT2D eigenvalue weighted by Gasteiger charge is -2.60. The summed E-state index contributed by atoms with van der Waals surface area (Å²) >= 11 is 0. The number of ether oxygens (including phenoxy) is 2. The molecular weight excluding hydrogens is 302 g/mol. The van der Waals surface area contributed by atoms with Gasteiger partial charge >= 0.3 is 0 Å². The number of hydrogen-bond acceptors (Lipinski definition) is 6. The van der Waals surface area contributed by atoms with Crippen LogP contribution in [0.4, 0.5) is 5.69 Å². The average Bonchev–Trinajstić information content (AvgIpc) is 2.62. The van der Waals surface area contributed by atoms with E-state index in [1.165, 1.54) is 12.1 Å². The van der Waals surface area contributed by atoms with Crippen LogP contribution < -0.4 is 0 Å². The maximum absolute atomic E-state index is 10.8. The minimum atomic E-state index is -0.908. The van der Waals surface area contributed by atoms with Crippen molar-refractivity contribution in [3.63, 3.8) is 0 Å². The molecule has 0 aliphatic carbocycles. The molecule has 0 aromatic heterocycles. The Hall–Kier alpha value is -1.54. The van der Waals surface area contributed by atoms with Crippen LogP contribution in [0.1, 0.15) is 39.2 Å². The van der Waals surface area contributed by atoms with Crippen LogP contribution in [-0.2, 0) is 25.7 Å². The van der Waals surface area contributed by atoms with Gasteiger partial charge in [0.25, 0.3) is 5.69 Å². The number of fused-ring (bicyclic) bond motifs is 1. The summed E-state index contributed by atoms with van der Waals surface area (Å²) in [4.78, 5) is 21.5. The summed E-state index contributed by atoms with van der Waals surface area (Å²) in [5.74, 6) is -2.53. The fourth-order valence-electron chi connectivity index (χ4n) is 4.30. The third-order valence-corrected chi connectivity index (χ3v) is 5.58. The Kier molecular flexibility index (Phi) is 2.81. The monoisotopic (exact) mass is 321 g/mol. The van der Waals surface area contributed by atoms with E-state index in [9.17, 15) is 10.1 Å². The molecule has 4 heterocycles. The number of hydrogen-bond donors (Lipinski definition) is 0. The molecule has 2 unspecified atom stereocenters. The van der Waals surface area contributed by atoms with E-state index in [1.54, 1.807) is 12.1 Å². The molecule has 7 nitrogen and oxygen atoms in total. The van der Waals surface area contributed by atoms with Crippen molar-refractivity contribution in [2.24, 2.45) is 5.41 Å². The molecule has 4 aliphatic rings. The number of nitrogens with zero attached hydrogens (tertiary/aromatic N) is 1. The quantitative estimate of drug-likeness (QED) is 0.483. The van der Waals surface area contributed by atoms with Crippen LogP contribution in [-0.4, -0.2) is 22.3 Å². The SMILES string of the molecule is CC12CCC3(Cc4ccc([N+](=O)[O-])cc4)[C@@](C)(OO[C@]3(C)O1)O2. The summed E-state index contributed by atoms with van der Waals surface area (Å²) in [6, 6.07) is 6.55. The molecule has 23 heavy (non-hydrogen) atoms. The number of rotatable bonds is 3. The second-order valence-electron chi connectivity index (χ2n) is 7.08. The number of benzene rings is 1. The van der Waals surface area contributed by atoms with Gasteiger partial charge in [0.05, 0.1) is 10.3 Å². The van der Waals surface area contributed by atoms with Crippen molar-refractivity contribution in [2.45, 2.75) is 57.4 Å². The highest BCUT2D eigenvalue weighted by Crippen LogP contribution is 2.67. The first-order valence-corrected chi connectivity index (χ1v) is 7.72. The molecular formula is C16H19NO6. The fourth-order valence-corrected chi connectivity index (χ4v) is 4.30. The molecule has 0 spiro atoms. The van der Waals surface area contributed by atoms with E-state index in [-0.39, 0.29) is 5.69 Å². The van der Waals surface area contributed by atoms with E-state index in [1.807, 2.05) is 20.8 Å². The minimum Gasteiger partial charge on any atom is -0.315 e. The van der Waals surface area contributed by atoms with Crippen LogP contribution in [0, 0.1) is 15.5 Å². The lowest BCUT2D eigenvalue weighted by molar-refractivity contribution is -0.454. The normalized spacial score (nSPS) is 44.5. The summed E-state index contributed by atoms with van der Waals surface area (Å²) in [6.45, 7) is 5.66. The molecule has 124 valence electrons. The van der Waals surface area contributed by atoms with Gasteiger partial charge in [0.15, 0.2) is 5.79 Å². The number of nitro groups is 1. The first kappa shape index (κ1) is 15.0. The van der Waals surface area contributed by atoms with Gasteiger partial charge in [0.2, 0.25) is 11.6 Å². The highest BCUT2D eigenvalue weighted by molar-refractivity contribution is 5.34. The molecule has 1 aromatic carbocycles. The third kappa shape index (κ3) is 1.85. The summed E-state index contributed by atoms with van der Waals surface area (Å²) in [5.41, 5.74) is 0.528. The lowest BCUT2D eigenvalue weighted by atomic mass is 9.62. The number of nitro benzene ring substituents is 1. The molecule has 0 saturated carbocycles. The van der Waals surface area contributed by atoms with Crippen molar-refractivity contribution in [1.29, 1.82) is 0 Å². The second kappa shape index (κ2) is 4.30. The van der Waals surface area contributed by atoms with E-state index >= 15 is 0 Å². The Morgan fingerprint density at radius 2 is 1.61 bits per heavy atom. The highest BCUT2D eigenvalue weighted by atomic mass is 17.3. The molecule has 7 heteroatoms. The van der Waals surface area contributed by atoms with Gasteiger partial charge in [-0.3, -0.25) is 10.1 Å². The van der Waals surface area contributed by atoms with Gasteiger partial charge in [0, 0.05) is 18.6 Å². The molecule has 0 radical (unpaired) electrons. The van der Waals surface area contributed by atoms with Gasteiger partial charge in [-0.05, 0) is 39.2 Å². The van der Waals surface area contributed by atoms with Gasteiger partial charge in [-0.25, -0.2) is 0 Å². The van der Waals surface area contributed by atoms with Crippen molar-refractivity contribution in [3.05, 3.63) is 39.9 Å². The van der Waals surface area contributed by atoms with Crippen molar-refractivity contribution < 1.29 is 24.2 Å². The highest BCUT2D eigenvalue weighted by Gasteiger charge is 2.78. The Balaban J connectivity index is 1.71. The summed E-state index contributed by atoms with van der Waals surface area (Å²) in [5, 5.41) is 10.8. The summed E-state index contributed by atoms with van der Waals surface area (Å²) in [6.07, 6.45) is 2.17. The summed E-state index contributed by atoms with van der Waals surface area (Å²) in [7, 11) is 0. The molecule has 5 rings (SSSR count). The predicted octanol–water partition coefficient (Wildman–Crippen LogP) is 3.07. The third-order valence-electron chi connectivity index (χ3n) is 5.58. The first-order valence-electron chi connectivity index (χ1n) is 7.72. The van der Waals surface area contributed by atoms with Crippen LogP contribution in [0.25, 0.3) is 0 Å². The van der Waals surface area contributed by atoms with E-state index in [2.05, 4.69) is 0 Å². The van der Waals surface area contributed by atoms with Gasteiger partial charge in [-0.2, -0.15) is 9.78 Å². The molecule has 4 fully saturated rings. The Bertz CT molecular complexity index is 654. The van der Waals surface area contributed by atoms with Crippen molar-refractivity contribution >= 4 is 5.69 Å². The van der Waals surface area contributed by atoms with Crippen molar-refractivity contribution in [1.82, 2.24) is 0 Å². The van der Waals surface area contributed by atoms with Crippen LogP contribution in [0.5, 0.6) is 0 Å². The molecule has 0 amide bonds. The van der Waals surface area contributed by atoms with Gasteiger partial charge in [0.1, 0.15) is 0 Å². The molecule has 4 aliphatic heterocycles. The molecule has 0 N–H and O–H groups in total. The molecule has 4 atom stereocenters. The predicted molar refractivity (Wildman–Crippen MR) is 78.0 cm³/mol. The Labute approximate surface area is 133 Å². The smallest absolute Gasteiger partial charge is 0.269 e. The standard InChI is InChI=1S/C16H19NO6/c1-13-8-9-16(10-11-4-6-12(7-5-11)17(18)19)14(2,20-13)22-23-15(16,3)21-13/h4-7H,8-10H2,1-3H3/t13?,14-,15+,16?. The van der Waals surface area contributed by atoms with E-state index < -0.39 is 27.7 Å². The Morgan fingerprint density at radius 1 is 1.04 bits per heavy atom. The zero-order chi connectivity index (χ0) is 16.5. The molecule has 4 bridgehead atoms. The lowest BCUT2D eigenvalue weighted by Crippen LogP contribution is -2.71. The Morgan fingerprint density at radius 3 is 2.13 bits per heavy atom. The van der Waals surface area contributed by atoms with Crippen LogP contribution in [0.3, 0.4) is 0 Å². The first-order chi connectivity index (χ1) is 10.7. The zero-order valence-corrected chi connectivity index (χ0v) is 13.3. The maximum Gasteiger partial charge on any atom is 0.269 e. The number of non-ortho nitro benzene ring substituents is 1. The maximum atomic E-state index is 10.8. The topological polar surface area (TPSA) is 80.1 Å². The minimum absolute atomic E-state index is 0.0755. The van der Waals surface area contributed by atoms with Gasteiger partial charge in [-0.15, -0.1) is 0 Å². The second-order valence-corrected chi connectivity index (χ2v) is 7.08.